The Balaban J connectivity index is 1.70. The molecule has 0 aliphatic heterocycles. The molecule has 1 aliphatic carbocycles. The molecule has 1 fully saturated rings. The van der Waals surface area contributed by atoms with Crippen molar-refractivity contribution >= 4 is 23.2 Å². The quantitative estimate of drug-likeness (QED) is 0.512. The van der Waals surface area contributed by atoms with Gasteiger partial charge in [0.25, 0.3) is 0 Å². The summed E-state index contributed by atoms with van der Waals surface area (Å²) in [5.41, 5.74) is 3.42. The number of hydrogen-bond donors (Lipinski definition) is 1. The molecular formula is C23H27ClF2N2O3. The third kappa shape index (κ3) is 6.55. The van der Waals surface area contributed by atoms with Crippen LogP contribution in [0.5, 0.6) is 11.5 Å². The van der Waals surface area contributed by atoms with Crippen molar-refractivity contribution in [1.82, 2.24) is 4.90 Å². The molecular weight excluding hydrogens is 426 g/mol. The van der Waals surface area contributed by atoms with Crippen molar-refractivity contribution in [2.45, 2.75) is 52.8 Å². The first kappa shape index (κ1) is 23.3. The van der Waals surface area contributed by atoms with Crippen molar-refractivity contribution in [1.29, 1.82) is 0 Å². The minimum atomic E-state index is -2.92. The molecule has 3 rings (SSSR count). The van der Waals surface area contributed by atoms with Gasteiger partial charge in [-0.2, -0.15) is 8.78 Å². The third-order valence-corrected chi connectivity index (χ3v) is 5.31. The normalized spacial score (nSPS) is 13.5. The summed E-state index contributed by atoms with van der Waals surface area (Å²) in [5.74, 6) is 0.117. The van der Waals surface area contributed by atoms with Gasteiger partial charge >= 0.3 is 6.61 Å². The number of hydrogen-bond acceptors (Lipinski definition) is 4. The van der Waals surface area contributed by atoms with E-state index >= 15 is 0 Å². The molecule has 0 spiro atoms. The summed E-state index contributed by atoms with van der Waals surface area (Å²) in [6, 6.07) is 8.99. The minimum absolute atomic E-state index is 0.000744. The number of halogens is 3. The second-order valence-electron chi connectivity index (χ2n) is 7.72. The van der Waals surface area contributed by atoms with Gasteiger partial charge in [0.15, 0.2) is 11.5 Å². The topological polar surface area (TPSA) is 50.8 Å². The number of anilines is 1. The maximum absolute atomic E-state index is 12.7. The van der Waals surface area contributed by atoms with E-state index < -0.39 is 6.61 Å². The van der Waals surface area contributed by atoms with Gasteiger partial charge in [-0.15, -0.1) is 0 Å². The Morgan fingerprint density at radius 2 is 1.97 bits per heavy atom. The lowest BCUT2D eigenvalue weighted by Crippen LogP contribution is -2.34. The number of aryl methyl sites for hydroxylation is 2. The highest BCUT2D eigenvalue weighted by Gasteiger charge is 2.30. The van der Waals surface area contributed by atoms with E-state index in [1.165, 1.54) is 6.07 Å². The summed E-state index contributed by atoms with van der Waals surface area (Å²) in [7, 11) is 0. The van der Waals surface area contributed by atoms with Gasteiger partial charge < -0.3 is 14.8 Å². The van der Waals surface area contributed by atoms with Gasteiger partial charge in [-0.1, -0.05) is 23.7 Å². The molecule has 1 saturated carbocycles. The average Bonchev–Trinajstić information content (AvgIpc) is 3.51. The Hall–Kier alpha value is -2.38. The fraction of sp³-hybridized carbons (Fsp3) is 0.435. The molecule has 0 unspecified atom stereocenters. The Morgan fingerprint density at radius 3 is 2.58 bits per heavy atom. The van der Waals surface area contributed by atoms with Gasteiger partial charge in [-0.05, 0) is 68.5 Å². The lowest BCUT2D eigenvalue weighted by atomic mass is 10.1. The zero-order valence-electron chi connectivity index (χ0n) is 17.9. The molecule has 0 heterocycles. The molecule has 0 aromatic heterocycles. The standard InChI is InChI=1S/C23H27ClF2N2O3/c1-4-30-20-11-16(5-8-19(20)31-23(25)26)12-28(17-6-7-17)13-21(29)27-22-15(3)9-14(2)10-18(22)24/h5,8-11,17,23H,4,6-7,12-13H2,1-3H3,(H,27,29). The molecule has 2 aromatic carbocycles. The number of ether oxygens (including phenoxy) is 2. The summed E-state index contributed by atoms with van der Waals surface area (Å²) in [5, 5.41) is 3.44. The molecule has 1 amide bonds. The molecule has 8 heteroatoms. The lowest BCUT2D eigenvalue weighted by molar-refractivity contribution is -0.117. The summed E-state index contributed by atoms with van der Waals surface area (Å²) >= 11 is 6.31. The summed E-state index contributed by atoms with van der Waals surface area (Å²) < 4.78 is 35.2. The van der Waals surface area contributed by atoms with E-state index in [0.717, 1.165) is 29.5 Å². The minimum Gasteiger partial charge on any atom is -0.490 e. The van der Waals surface area contributed by atoms with E-state index in [4.69, 9.17) is 16.3 Å². The van der Waals surface area contributed by atoms with Crippen molar-refractivity contribution < 1.29 is 23.0 Å². The number of amides is 1. The monoisotopic (exact) mass is 452 g/mol. The van der Waals surface area contributed by atoms with E-state index in [2.05, 4.69) is 15.0 Å². The molecule has 0 atom stereocenters. The number of alkyl halides is 2. The number of nitrogens with one attached hydrogen (secondary N) is 1. The van der Waals surface area contributed by atoms with Crippen LogP contribution in [-0.4, -0.2) is 36.6 Å². The molecule has 168 valence electrons. The third-order valence-electron chi connectivity index (χ3n) is 5.02. The number of carbonyl (C=O) groups excluding carboxylic acids is 1. The lowest BCUT2D eigenvalue weighted by Gasteiger charge is -2.23. The zero-order valence-corrected chi connectivity index (χ0v) is 18.6. The smallest absolute Gasteiger partial charge is 0.387 e. The average molecular weight is 453 g/mol. The molecule has 1 N–H and O–H groups in total. The Bertz CT molecular complexity index is 912. The van der Waals surface area contributed by atoms with Gasteiger partial charge in [0, 0.05) is 12.6 Å². The molecule has 0 saturated heterocycles. The van der Waals surface area contributed by atoms with Crippen molar-refractivity contribution in [3.05, 3.63) is 52.0 Å². The van der Waals surface area contributed by atoms with Crippen molar-refractivity contribution in [2.75, 3.05) is 18.5 Å². The van der Waals surface area contributed by atoms with E-state index in [0.29, 0.717) is 29.9 Å². The van der Waals surface area contributed by atoms with Crippen LogP contribution in [0.1, 0.15) is 36.5 Å². The fourth-order valence-corrected chi connectivity index (χ4v) is 3.91. The molecule has 0 radical (unpaired) electrons. The highest BCUT2D eigenvalue weighted by atomic mass is 35.5. The van der Waals surface area contributed by atoms with Crippen LogP contribution in [0.25, 0.3) is 0 Å². The van der Waals surface area contributed by atoms with Crippen LogP contribution in [0.2, 0.25) is 5.02 Å². The van der Waals surface area contributed by atoms with E-state index in [-0.39, 0.29) is 24.0 Å². The van der Waals surface area contributed by atoms with Crippen LogP contribution < -0.4 is 14.8 Å². The predicted octanol–water partition coefficient (Wildman–Crippen LogP) is 5.56. The second-order valence-corrected chi connectivity index (χ2v) is 8.12. The van der Waals surface area contributed by atoms with Gasteiger partial charge in [0.2, 0.25) is 5.91 Å². The van der Waals surface area contributed by atoms with Crippen molar-refractivity contribution in [2.24, 2.45) is 0 Å². The number of carbonyl (C=O) groups is 1. The largest absolute Gasteiger partial charge is 0.490 e. The Morgan fingerprint density at radius 1 is 1.23 bits per heavy atom. The van der Waals surface area contributed by atoms with Crippen molar-refractivity contribution in [3.63, 3.8) is 0 Å². The first-order chi connectivity index (χ1) is 14.8. The van der Waals surface area contributed by atoms with Crippen LogP contribution in [0.15, 0.2) is 30.3 Å². The summed E-state index contributed by atoms with van der Waals surface area (Å²) in [6.45, 7) is 3.74. The highest BCUT2D eigenvalue weighted by Crippen LogP contribution is 2.33. The molecule has 5 nitrogen and oxygen atoms in total. The first-order valence-electron chi connectivity index (χ1n) is 10.3. The predicted molar refractivity (Wildman–Crippen MR) is 117 cm³/mol. The van der Waals surface area contributed by atoms with E-state index in [1.807, 2.05) is 26.0 Å². The van der Waals surface area contributed by atoms with Gasteiger partial charge in [0.1, 0.15) is 0 Å². The molecule has 2 aromatic rings. The van der Waals surface area contributed by atoms with Crippen LogP contribution in [0.3, 0.4) is 0 Å². The Kier molecular flexibility index (Phi) is 7.73. The first-order valence-corrected chi connectivity index (χ1v) is 10.7. The zero-order chi connectivity index (χ0) is 22.5. The van der Waals surface area contributed by atoms with Crippen LogP contribution in [-0.2, 0) is 11.3 Å². The van der Waals surface area contributed by atoms with Gasteiger partial charge in [-0.3, -0.25) is 9.69 Å². The Labute approximate surface area is 186 Å². The van der Waals surface area contributed by atoms with Gasteiger partial charge in [0.05, 0.1) is 23.9 Å². The SMILES string of the molecule is CCOc1cc(CN(CC(=O)Nc2c(C)cc(C)cc2Cl)C2CC2)ccc1OC(F)F. The van der Waals surface area contributed by atoms with E-state index in [9.17, 15) is 13.6 Å². The fourth-order valence-electron chi connectivity index (χ4n) is 3.54. The van der Waals surface area contributed by atoms with Crippen LogP contribution in [0, 0.1) is 13.8 Å². The van der Waals surface area contributed by atoms with Gasteiger partial charge in [-0.25, -0.2) is 0 Å². The van der Waals surface area contributed by atoms with Crippen LogP contribution in [0.4, 0.5) is 14.5 Å². The summed E-state index contributed by atoms with van der Waals surface area (Å²) in [4.78, 5) is 14.8. The maximum Gasteiger partial charge on any atom is 0.387 e. The molecule has 1 aliphatic rings. The second kappa shape index (κ2) is 10.3. The summed E-state index contributed by atoms with van der Waals surface area (Å²) in [6.07, 6.45) is 2.03. The number of rotatable bonds is 10. The molecule has 0 bridgehead atoms. The van der Waals surface area contributed by atoms with E-state index in [1.54, 1.807) is 19.1 Å². The molecule has 31 heavy (non-hydrogen) atoms. The van der Waals surface area contributed by atoms with Crippen molar-refractivity contribution in [3.8, 4) is 11.5 Å². The number of nitrogens with zero attached hydrogens (tertiary/aromatic N) is 1. The number of benzene rings is 2. The van der Waals surface area contributed by atoms with Crippen LogP contribution >= 0.6 is 11.6 Å². The highest BCUT2D eigenvalue weighted by molar-refractivity contribution is 6.34. The maximum atomic E-state index is 12.7.